The van der Waals surface area contributed by atoms with E-state index in [1.807, 2.05) is 6.92 Å². The predicted molar refractivity (Wildman–Crippen MR) is 38.0 cm³/mol. The molecule has 0 heterocycles. The predicted octanol–water partition coefficient (Wildman–Crippen LogP) is 2.07. The molecular formula is C6H12OS. The maximum Gasteiger partial charge on any atom is 0.188 e. The minimum Gasteiger partial charge on any atom is -0.287 e. The lowest BCUT2D eigenvalue weighted by molar-refractivity contribution is -0.110. The average molecular weight is 132 g/mol. The first kappa shape index (κ1) is 8.02. The van der Waals surface area contributed by atoms with Crippen LogP contribution in [0.1, 0.15) is 26.7 Å². The van der Waals surface area contributed by atoms with E-state index in [4.69, 9.17) is 0 Å². The fraction of sp³-hybridized carbons (Fsp3) is 0.833. The molecule has 0 aliphatic carbocycles. The molecule has 0 N–H and O–H groups in total. The molecule has 0 fully saturated rings. The molecule has 0 aromatic carbocycles. The Kier molecular flexibility index (Phi) is 5.18. The van der Waals surface area contributed by atoms with E-state index in [-0.39, 0.29) is 0 Å². The Balaban J connectivity index is 2.99. The van der Waals surface area contributed by atoms with Gasteiger partial charge in [-0.15, -0.1) is 0 Å². The summed E-state index contributed by atoms with van der Waals surface area (Å²) in [6.07, 6.45) is 1.76. The van der Waals surface area contributed by atoms with Crippen molar-refractivity contribution in [3.05, 3.63) is 0 Å². The molecule has 0 aliphatic rings. The second-order valence-electron chi connectivity index (χ2n) is 1.57. The first-order chi connectivity index (χ1) is 3.81. The van der Waals surface area contributed by atoms with Gasteiger partial charge in [0.15, 0.2) is 5.12 Å². The van der Waals surface area contributed by atoms with Crippen molar-refractivity contribution < 1.29 is 4.79 Å². The van der Waals surface area contributed by atoms with Gasteiger partial charge < -0.3 is 0 Å². The Morgan fingerprint density at radius 3 is 2.50 bits per heavy atom. The molecule has 8 heavy (non-hydrogen) atoms. The maximum atomic E-state index is 10.5. The van der Waals surface area contributed by atoms with Gasteiger partial charge >= 0.3 is 0 Å². The van der Waals surface area contributed by atoms with E-state index in [1.165, 1.54) is 11.8 Å². The van der Waals surface area contributed by atoms with Crippen LogP contribution in [-0.4, -0.2) is 10.9 Å². The van der Waals surface area contributed by atoms with Crippen LogP contribution in [0, 0.1) is 0 Å². The summed E-state index contributed by atoms with van der Waals surface area (Å²) in [5.74, 6) is 0.979. The third-order valence-corrected chi connectivity index (χ3v) is 1.98. The highest BCUT2D eigenvalue weighted by atomic mass is 32.2. The number of hydrogen-bond donors (Lipinski definition) is 0. The van der Waals surface area contributed by atoms with E-state index in [0.29, 0.717) is 11.5 Å². The van der Waals surface area contributed by atoms with Crippen molar-refractivity contribution in [1.82, 2.24) is 0 Å². The third kappa shape index (κ3) is 4.19. The molecule has 0 aromatic heterocycles. The zero-order chi connectivity index (χ0) is 6.41. The Labute approximate surface area is 54.8 Å². The van der Waals surface area contributed by atoms with Crippen molar-refractivity contribution in [3.63, 3.8) is 0 Å². The molecule has 0 amide bonds. The summed E-state index contributed by atoms with van der Waals surface area (Å²) >= 11 is 1.44. The molecule has 0 saturated carbocycles. The van der Waals surface area contributed by atoms with E-state index in [9.17, 15) is 4.79 Å². The molecular weight excluding hydrogens is 120 g/mol. The molecule has 0 saturated heterocycles. The molecule has 0 atom stereocenters. The highest BCUT2D eigenvalue weighted by Crippen LogP contribution is 2.05. The molecule has 0 radical (unpaired) electrons. The van der Waals surface area contributed by atoms with Crippen LogP contribution in [0.4, 0.5) is 0 Å². The van der Waals surface area contributed by atoms with E-state index in [1.54, 1.807) is 0 Å². The van der Waals surface area contributed by atoms with E-state index in [0.717, 1.165) is 12.2 Å². The van der Waals surface area contributed by atoms with Gasteiger partial charge in [-0.3, -0.25) is 4.79 Å². The Morgan fingerprint density at radius 1 is 1.50 bits per heavy atom. The van der Waals surface area contributed by atoms with Crippen LogP contribution in [0.2, 0.25) is 0 Å². The smallest absolute Gasteiger partial charge is 0.188 e. The molecule has 0 rings (SSSR count). The van der Waals surface area contributed by atoms with Crippen molar-refractivity contribution >= 4 is 16.9 Å². The topological polar surface area (TPSA) is 17.1 Å². The van der Waals surface area contributed by atoms with Crippen LogP contribution in [0.15, 0.2) is 0 Å². The normalized spacial score (nSPS) is 9.25. The van der Waals surface area contributed by atoms with Crippen molar-refractivity contribution in [2.45, 2.75) is 26.7 Å². The second-order valence-corrected chi connectivity index (χ2v) is 2.73. The van der Waals surface area contributed by atoms with Gasteiger partial charge in [-0.25, -0.2) is 0 Å². The van der Waals surface area contributed by atoms with Gasteiger partial charge in [0.25, 0.3) is 0 Å². The standard InChI is InChI=1S/C6H12OS/c1-3-5-8-6(7)4-2/h3-5H2,1-2H3. The van der Waals surface area contributed by atoms with Gasteiger partial charge in [-0.2, -0.15) is 0 Å². The molecule has 2 heteroatoms. The monoisotopic (exact) mass is 132 g/mol. The maximum absolute atomic E-state index is 10.5. The van der Waals surface area contributed by atoms with Gasteiger partial charge in [0.1, 0.15) is 0 Å². The summed E-state index contributed by atoms with van der Waals surface area (Å²) < 4.78 is 0. The minimum absolute atomic E-state index is 0.312. The average Bonchev–Trinajstić information content (AvgIpc) is 1.83. The zero-order valence-electron chi connectivity index (χ0n) is 5.44. The highest BCUT2D eigenvalue weighted by Gasteiger charge is 1.94. The van der Waals surface area contributed by atoms with Crippen LogP contribution in [0.25, 0.3) is 0 Å². The zero-order valence-corrected chi connectivity index (χ0v) is 6.25. The quantitative estimate of drug-likeness (QED) is 0.584. The molecule has 48 valence electrons. The van der Waals surface area contributed by atoms with Crippen LogP contribution in [-0.2, 0) is 4.79 Å². The molecule has 0 spiro atoms. The SMILES string of the molecule is CCCSC(=O)CC. The summed E-state index contributed by atoms with van der Waals surface area (Å²) in [4.78, 5) is 10.5. The molecule has 0 unspecified atom stereocenters. The van der Waals surface area contributed by atoms with Crippen LogP contribution in [0.5, 0.6) is 0 Å². The summed E-state index contributed by atoms with van der Waals surface area (Å²) in [6.45, 7) is 3.97. The van der Waals surface area contributed by atoms with Crippen LogP contribution >= 0.6 is 11.8 Å². The van der Waals surface area contributed by atoms with Crippen molar-refractivity contribution in [1.29, 1.82) is 0 Å². The van der Waals surface area contributed by atoms with Crippen LogP contribution in [0.3, 0.4) is 0 Å². The number of carbonyl (C=O) groups is 1. The number of hydrogen-bond acceptors (Lipinski definition) is 2. The summed E-state index contributed by atoms with van der Waals surface area (Å²) in [7, 11) is 0. The van der Waals surface area contributed by atoms with Crippen molar-refractivity contribution in [3.8, 4) is 0 Å². The third-order valence-electron chi connectivity index (χ3n) is 0.756. The van der Waals surface area contributed by atoms with Gasteiger partial charge in [0.2, 0.25) is 0 Å². The Morgan fingerprint density at radius 2 is 2.12 bits per heavy atom. The lowest BCUT2D eigenvalue weighted by atomic mass is 10.6. The van der Waals surface area contributed by atoms with E-state index >= 15 is 0 Å². The molecule has 0 aliphatic heterocycles. The minimum atomic E-state index is 0.312. The Bertz CT molecular complexity index is 70.9. The molecule has 1 nitrogen and oxygen atoms in total. The summed E-state index contributed by atoms with van der Waals surface area (Å²) in [5.41, 5.74) is 0. The number of carbonyl (C=O) groups excluding carboxylic acids is 1. The first-order valence-corrected chi connectivity index (χ1v) is 3.95. The van der Waals surface area contributed by atoms with Crippen LogP contribution < -0.4 is 0 Å². The first-order valence-electron chi connectivity index (χ1n) is 2.96. The molecule has 0 bridgehead atoms. The fourth-order valence-corrected chi connectivity index (χ4v) is 0.954. The summed E-state index contributed by atoms with van der Waals surface area (Å²) in [5, 5.41) is 0.312. The largest absolute Gasteiger partial charge is 0.287 e. The van der Waals surface area contributed by atoms with E-state index < -0.39 is 0 Å². The Hall–Kier alpha value is 0.0200. The summed E-state index contributed by atoms with van der Waals surface area (Å²) in [6, 6.07) is 0. The van der Waals surface area contributed by atoms with Crippen molar-refractivity contribution in [2.75, 3.05) is 5.75 Å². The molecule has 0 aromatic rings. The second kappa shape index (κ2) is 5.16. The van der Waals surface area contributed by atoms with E-state index in [2.05, 4.69) is 6.92 Å². The lowest BCUT2D eigenvalue weighted by Crippen LogP contribution is -1.87. The van der Waals surface area contributed by atoms with Gasteiger partial charge in [-0.1, -0.05) is 25.6 Å². The lowest BCUT2D eigenvalue weighted by Gasteiger charge is -1.90. The number of thioether (sulfide) groups is 1. The van der Waals surface area contributed by atoms with Gasteiger partial charge in [0, 0.05) is 12.2 Å². The van der Waals surface area contributed by atoms with Crippen molar-refractivity contribution in [2.24, 2.45) is 0 Å². The van der Waals surface area contributed by atoms with Gasteiger partial charge in [0.05, 0.1) is 0 Å². The fourth-order valence-electron chi connectivity index (χ4n) is 0.318. The highest BCUT2D eigenvalue weighted by molar-refractivity contribution is 8.13. The number of rotatable bonds is 3. The van der Waals surface area contributed by atoms with Gasteiger partial charge in [-0.05, 0) is 6.42 Å².